The van der Waals surface area contributed by atoms with E-state index >= 15 is 0 Å². The van der Waals surface area contributed by atoms with Crippen LogP contribution in [-0.4, -0.2) is 63.1 Å². The number of hydrogen-bond acceptors (Lipinski definition) is 6. The zero-order valence-corrected chi connectivity index (χ0v) is 20.4. The summed E-state index contributed by atoms with van der Waals surface area (Å²) in [5.74, 6) is -0.344. The van der Waals surface area contributed by atoms with Gasteiger partial charge in [0.25, 0.3) is 5.91 Å². The molecular formula is C24H21ClF3N5O2S. The number of aliphatic imine (C=N–C) groups is 1. The van der Waals surface area contributed by atoms with Gasteiger partial charge in [0, 0.05) is 30.0 Å². The number of amides is 1. The second-order valence-electron chi connectivity index (χ2n) is 8.46. The van der Waals surface area contributed by atoms with Crippen LogP contribution in [0.2, 0.25) is 5.02 Å². The number of amidine groups is 1. The van der Waals surface area contributed by atoms with Crippen LogP contribution < -0.4 is 5.32 Å². The van der Waals surface area contributed by atoms with E-state index in [-0.39, 0.29) is 35.7 Å². The highest BCUT2D eigenvalue weighted by Crippen LogP contribution is 2.35. The fourth-order valence-electron chi connectivity index (χ4n) is 4.28. The third kappa shape index (κ3) is 5.01. The maximum atomic E-state index is 13.5. The van der Waals surface area contributed by atoms with Crippen molar-refractivity contribution in [3.63, 3.8) is 0 Å². The Morgan fingerprint density at radius 3 is 2.86 bits per heavy atom. The highest BCUT2D eigenvalue weighted by Gasteiger charge is 2.34. The molecule has 0 radical (unpaired) electrons. The Balaban J connectivity index is 1.37. The van der Waals surface area contributed by atoms with Crippen LogP contribution in [0.25, 0.3) is 17.0 Å². The zero-order chi connectivity index (χ0) is 25.4. The molecule has 188 valence electrons. The van der Waals surface area contributed by atoms with Gasteiger partial charge in [0.05, 0.1) is 41.4 Å². The van der Waals surface area contributed by atoms with Crippen molar-refractivity contribution >= 4 is 51.4 Å². The van der Waals surface area contributed by atoms with E-state index < -0.39 is 11.7 Å². The number of aliphatic hydroxyl groups excluding tert-OH is 1. The number of benzene rings is 2. The van der Waals surface area contributed by atoms with Crippen molar-refractivity contribution in [2.24, 2.45) is 4.99 Å². The van der Waals surface area contributed by atoms with Gasteiger partial charge in [0.2, 0.25) is 0 Å². The lowest BCUT2D eigenvalue weighted by atomic mass is 10.1. The molecule has 2 aliphatic heterocycles. The molecule has 1 saturated heterocycles. The summed E-state index contributed by atoms with van der Waals surface area (Å²) in [5, 5.41) is 18.4. The number of hydrogen-bond donors (Lipinski definition) is 2. The number of aromatic nitrogens is 2. The first kappa shape index (κ1) is 24.8. The monoisotopic (exact) mass is 535 g/mol. The van der Waals surface area contributed by atoms with Crippen molar-refractivity contribution in [1.82, 2.24) is 20.0 Å². The molecule has 1 amide bonds. The van der Waals surface area contributed by atoms with Crippen LogP contribution in [0.1, 0.15) is 16.7 Å². The van der Waals surface area contributed by atoms with Crippen molar-refractivity contribution in [2.45, 2.75) is 18.8 Å². The number of rotatable bonds is 4. The van der Waals surface area contributed by atoms with Gasteiger partial charge in [-0.3, -0.25) is 9.48 Å². The van der Waals surface area contributed by atoms with Crippen molar-refractivity contribution in [1.29, 1.82) is 0 Å². The number of carbonyl (C=O) groups is 1. The first-order valence-corrected chi connectivity index (χ1v) is 12.3. The highest BCUT2D eigenvalue weighted by molar-refractivity contribution is 8.18. The maximum Gasteiger partial charge on any atom is 0.416 e. The Labute approximate surface area is 213 Å². The SMILES string of the molecule is O=C1N=C(N2CCNCC2CO)SC1=Cc1ccc2c(cnn2Cc2ccc(Cl)cc2C(F)(F)F)c1. The summed E-state index contributed by atoms with van der Waals surface area (Å²) in [6.45, 7) is 1.89. The van der Waals surface area contributed by atoms with E-state index in [0.29, 0.717) is 28.7 Å². The smallest absolute Gasteiger partial charge is 0.394 e. The quantitative estimate of drug-likeness (QED) is 0.492. The summed E-state index contributed by atoms with van der Waals surface area (Å²) in [6.07, 6.45) is -1.22. The van der Waals surface area contributed by atoms with Gasteiger partial charge in [-0.05, 0) is 53.2 Å². The second-order valence-corrected chi connectivity index (χ2v) is 9.91. The summed E-state index contributed by atoms with van der Waals surface area (Å²) in [6, 6.07) is 8.94. The van der Waals surface area contributed by atoms with Crippen LogP contribution in [0.15, 0.2) is 52.5 Å². The van der Waals surface area contributed by atoms with Crippen LogP contribution in [0.5, 0.6) is 0 Å². The summed E-state index contributed by atoms with van der Waals surface area (Å²) in [7, 11) is 0. The number of fused-ring (bicyclic) bond motifs is 1. The fourth-order valence-corrected chi connectivity index (χ4v) is 5.46. The van der Waals surface area contributed by atoms with E-state index in [2.05, 4.69) is 15.4 Å². The average Bonchev–Trinajstić information content (AvgIpc) is 3.42. The van der Waals surface area contributed by atoms with Crippen molar-refractivity contribution in [3.8, 4) is 0 Å². The first-order valence-electron chi connectivity index (χ1n) is 11.1. The molecule has 0 spiro atoms. The molecule has 1 unspecified atom stereocenters. The highest BCUT2D eigenvalue weighted by atomic mass is 35.5. The number of nitrogens with zero attached hydrogens (tertiary/aromatic N) is 4. The molecule has 2 aliphatic rings. The number of carbonyl (C=O) groups excluding carboxylic acids is 1. The van der Waals surface area contributed by atoms with E-state index in [1.54, 1.807) is 24.4 Å². The standard InChI is InChI=1S/C24H21ClF3N5O2S/c25-17-3-2-15(19(9-17)24(26,27)28)12-33-20-4-1-14(7-16(20)10-30-33)8-21-22(35)31-23(36-21)32-6-5-29-11-18(32)13-34/h1-4,7-10,18,29,34H,5-6,11-13H2. The molecule has 2 aromatic carbocycles. The van der Waals surface area contributed by atoms with Crippen LogP contribution in [-0.2, 0) is 17.5 Å². The number of thioether (sulfide) groups is 1. The molecule has 7 nitrogen and oxygen atoms in total. The molecule has 1 atom stereocenters. The van der Waals surface area contributed by atoms with Crippen molar-refractivity contribution in [2.75, 3.05) is 26.2 Å². The molecule has 36 heavy (non-hydrogen) atoms. The normalized spacial score (nSPS) is 20.0. The molecule has 3 aromatic rings. The van der Waals surface area contributed by atoms with E-state index in [0.717, 1.165) is 23.6 Å². The number of halogens is 4. The topological polar surface area (TPSA) is 82.8 Å². The zero-order valence-electron chi connectivity index (χ0n) is 18.8. The molecule has 5 rings (SSSR count). The number of alkyl halides is 3. The molecule has 1 fully saturated rings. The third-order valence-corrected chi connectivity index (χ3v) is 7.33. The van der Waals surface area contributed by atoms with Gasteiger partial charge in [-0.2, -0.15) is 23.3 Å². The number of aliphatic hydroxyl groups is 1. The van der Waals surface area contributed by atoms with Gasteiger partial charge >= 0.3 is 6.18 Å². The largest absolute Gasteiger partial charge is 0.416 e. The summed E-state index contributed by atoms with van der Waals surface area (Å²) >= 11 is 7.05. The van der Waals surface area contributed by atoms with Crippen LogP contribution in [0, 0.1) is 0 Å². The van der Waals surface area contributed by atoms with Gasteiger partial charge in [-0.15, -0.1) is 0 Å². The number of nitrogens with one attached hydrogen (secondary N) is 1. The molecule has 12 heteroatoms. The van der Waals surface area contributed by atoms with E-state index in [1.165, 1.54) is 28.6 Å². The first-order chi connectivity index (χ1) is 17.2. The molecule has 2 N–H and O–H groups in total. The Kier molecular flexibility index (Phi) is 6.82. The third-order valence-electron chi connectivity index (χ3n) is 6.08. The molecule has 0 saturated carbocycles. The van der Waals surface area contributed by atoms with Crippen LogP contribution in [0.3, 0.4) is 0 Å². The molecular weight excluding hydrogens is 515 g/mol. The minimum absolute atomic E-state index is 0.0179. The summed E-state index contributed by atoms with van der Waals surface area (Å²) < 4.78 is 42.0. The predicted molar refractivity (Wildman–Crippen MR) is 134 cm³/mol. The van der Waals surface area contributed by atoms with Crippen LogP contribution >= 0.6 is 23.4 Å². The summed E-state index contributed by atoms with van der Waals surface area (Å²) in [5.41, 5.74) is 0.681. The second kappa shape index (κ2) is 9.89. The lowest BCUT2D eigenvalue weighted by molar-refractivity contribution is -0.138. The van der Waals surface area contributed by atoms with Crippen LogP contribution in [0.4, 0.5) is 13.2 Å². The molecule has 1 aromatic heterocycles. The van der Waals surface area contributed by atoms with Gasteiger partial charge in [-0.1, -0.05) is 23.7 Å². The van der Waals surface area contributed by atoms with Crippen molar-refractivity contribution in [3.05, 3.63) is 69.2 Å². The fraction of sp³-hybridized carbons (Fsp3) is 0.292. The van der Waals surface area contributed by atoms with Crippen molar-refractivity contribution < 1.29 is 23.1 Å². The maximum absolute atomic E-state index is 13.5. The van der Waals surface area contributed by atoms with Gasteiger partial charge in [-0.25, -0.2) is 0 Å². The number of piperazine rings is 1. The van der Waals surface area contributed by atoms with E-state index in [9.17, 15) is 23.1 Å². The van der Waals surface area contributed by atoms with Gasteiger partial charge in [0.1, 0.15) is 0 Å². The Morgan fingerprint density at radius 2 is 2.08 bits per heavy atom. The minimum atomic E-state index is -4.53. The molecule has 0 aliphatic carbocycles. The van der Waals surface area contributed by atoms with E-state index in [1.807, 2.05) is 11.0 Å². The Morgan fingerprint density at radius 1 is 1.25 bits per heavy atom. The lowest BCUT2D eigenvalue weighted by Crippen LogP contribution is -2.54. The lowest BCUT2D eigenvalue weighted by Gasteiger charge is -2.35. The predicted octanol–water partition coefficient (Wildman–Crippen LogP) is 3.99. The average molecular weight is 536 g/mol. The molecule has 3 heterocycles. The Hall–Kier alpha value is -2.86. The molecule has 0 bridgehead atoms. The van der Waals surface area contributed by atoms with Gasteiger partial charge < -0.3 is 15.3 Å². The summed E-state index contributed by atoms with van der Waals surface area (Å²) in [4.78, 5) is 19.1. The minimum Gasteiger partial charge on any atom is -0.394 e. The van der Waals surface area contributed by atoms with Gasteiger partial charge in [0.15, 0.2) is 5.17 Å². The van der Waals surface area contributed by atoms with E-state index in [4.69, 9.17) is 11.6 Å². The Bertz CT molecular complexity index is 1390.